The Morgan fingerprint density at radius 2 is 1.50 bits per heavy atom. The summed E-state index contributed by atoms with van der Waals surface area (Å²) in [7, 11) is 0. The van der Waals surface area contributed by atoms with Crippen LogP contribution in [-0.4, -0.2) is 28.2 Å². The van der Waals surface area contributed by atoms with Crippen molar-refractivity contribution < 1.29 is 19.8 Å². The number of carboxylic acids is 2. The lowest BCUT2D eigenvalue weighted by molar-refractivity contribution is -0.158. The van der Waals surface area contributed by atoms with Crippen molar-refractivity contribution in [3.05, 3.63) is 0 Å². The Morgan fingerprint density at radius 3 is 1.71 bits per heavy atom. The number of rotatable bonds is 4. The van der Waals surface area contributed by atoms with Crippen molar-refractivity contribution in [1.29, 1.82) is 0 Å². The minimum atomic E-state index is -1.20. The quantitative estimate of drug-likeness (QED) is 0.619. The lowest BCUT2D eigenvalue weighted by Crippen LogP contribution is -2.54. The highest BCUT2D eigenvalue weighted by Crippen LogP contribution is 2.40. The maximum Gasteiger partial charge on any atom is 0.321 e. The Morgan fingerprint density at radius 1 is 1.14 bits per heavy atom. The summed E-state index contributed by atoms with van der Waals surface area (Å²) < 4.78 is 0. The van der Waals surface area contributed by atoms with Crippen molar-refractivity contribution in [2.45, 2.75) is 33.7 Å². The molecule has 0 fully saturated rings. The van der Waals surface area contributed by atoms with Crippen molar-refractivity contribution in [2.75, 3.05) is 0 Å². The third kappa shape index (κ3) is 1.87. The van der Waals surface area contributed by atoms with Gasteiger partial charge in [0.15, 0.2) is 0 Å². The lowest BCUT2D eigenvalue weighted by atomic mass is 9.64. The molecule has 0 aliphatic rings. The summed E-state index contributed by atoms with van der Waals surface area (Å²) in [6, 6.07) is -1.20. The van der Waals surface area contributed by atoms with Gasteiger partial charge in [-0.05, 0) is 13.8 Å². The van der Waals surface area contributed by atoms with Crippen LogP contribution in [-0.2, 0) is 9.59 Å². The second-order valence-corrected chi connectivity index (χ2v) is 4.47. The van der Waals surface area contributed by atoms with Gasteiger partial charge in [0.2, 0.25) is 0 Å². The molecule has 0 bridgehead atoms. The average Bonchev–Trinajstić information content (AvgIpc) is 2.01. The van der Waals surface area contributed by atoms with Crippen LogP contribution in [0, 0.1) is 10.8 Å². The molecule has 0 aromatic rings. The van der Waals surface area contributed by atoms with E-state index in [2.05, 4.69) is 0 Å². The first kappa shape index (κ1) is 12.9. The van der Waals surface area contributed by atoms with Gasteiger partial charge in [0.05, 0.1) is 5.41 Å². The Labute approximate surface area is 82.9 Å². The summed E-state index contributed by atoms with van der Waals surface area (Å²) in [5.41, 5.74) is 3.24. The van der Waals surface area contributed by atoms with E-state index < -0.39 is 28.8 Å². The highest BCUT2D eigenvalue weighted by atomic mass is 16.4. The van der Waals surface area contributed by atoms with Gasteiger partial charge in [-0.2, -0.15) is 0 Å². The van der Waals surface area contributed by atoms with Gasteiger partial charge in [-0.25, -0.2) is 0 Å². The summed E-state index contributed by atoms with van der Waals surface area (Å²) in [6.45, 7) is 6.02. The molecule has 5 nitrogen and oxygen atoms in total. The minimum absolute atomic E-state index is 1.02. The standard InChI is InChI=1S/C9H17NO4/c1-8(2,5(10)6(11)12)9(3,4)7(13)14/h5H,10H2,1-4H3,(H,11,12)(H,13,14). The van der Waals surface area contributed by atoms with Crippen molar-refractivity contribution in [2.24, 2.45) is 16.6 Å². The highest BCUT2D eigenvalue weighted by molar-refractivity contribution is 5.79. The van der Waals surface area contributed by atoms with Crippen LogP contribution >= 0.6 is 0 Å². The molecule has 0 saturated heterocycles. The van der Waals surface area contributed by atoms with Crippen LogP contribution in [0.5, 0.6) is 0 Å². The summed E-state index contributed by atoms with van der Waals surface area (Å²) >= 11 is 0. The van der Waals surface area contributed by atoms with Crippen molar-refractivity contribution in [3.8, 4) is 0 Å². The van der Waals surface area contributed by atoms with E-state index in [0.717, 1.165) is 0 Å². The third-order valence-corrected chi connectivity index (χ3v) is 3.19. The number of nitrogens with two attached hydrogens (primary N) is 1. The first-order valence-corrected chi connectivity index (χ1v) is 4.27. The molecule has 0 radical (unpaired) electrons. The molecule has 0 heterocycles. The molecule has 0 rings (SSSR count). The zero-order valence-corrected chi connectivity index (χ0v) is 8.87. The molecule has 14 heavy (non-hydrogen) atoms. The zero-order valence-electron chi connectivity index (χ0n) is 8.87. The van der Waals surface area contributed by atoms with Gasteiger partial charge >= 0.3 is 11.9 Å². The van der Waals surface area contributed by atoms with Gasteiger partial charge in [0.1, 0.15) is 6.04 Å². The first-order valence-electron chi connectivity index (χ1n) is 4.27. The monoisotopic (exact) mass is 203 g/mol. The third-order valence-electron chi connectivity index (χ3n) is 3.19. The minimum Gasteiger partial charge on any atom is -0.481 e. The SMILES string of the molecule is CC(C)(C(=O)O)C(C)(C)C(N)C(=O)O. The van der Waals surface area contributed by atoms with Crippen LogP contribution < -0.4 is 5.73 Å². The Bertz CT molecular complexity index is 258. The maximum atomic E-state index is 10.9. The number of hydrogen-bond acceptors (Lipinski definition) is 3. The Kier molecular flexibility index (Phi) is 3.29. The topological polar surface area (TPSA) is 101 Å². The average molecular weight is 203 g/mol. The van der Waals surface area contributed by atoms with Crippen LogP contribution in [0.2, 0.25) is 0 Å². The van der Waals surface area contributed by atoms with Gasteiger partial charge in [0.25, 0.3) is 0 Å². The van der Waals surface area contributed by atoms with Gasteiger partial charge in [0, 0.05) is 5.41 Å². The van der Waals surface area contributed by atoms with E-state index in [4.69, 9.17) is 15.9 Å². The number of carbonyl (C=O) groups is 2. The normalized spacial score (nSPS) is 14.9. The molecule has 4 N–H and O–H groups in total. The van der Waals surface area contributed by atoms with Crippen LogP contribution in [0.15, 0.2) is 0 Å². The molecule has 5 heteroatoms. The molecular formula is C9H17NO4. The fourth-order valence-corrected chi connectivity index (χ4v) is 0.973. The Balaban J connectivity index is 5.13. The molecule has 0 aliphatic carbocycles. The van der Waals surface area contributed by atoms with Crippen LogP contribution in [0.4, 0.5) is 0 Å². The molecule has 0 aromatic carbocycles. The van der Waals surface area contributed by atoms with E-state index in [1.807, 2.05) is 0 Å². The van der Waals surface area contributed by atoms with Crippen LogP contribution in [0.3, 0.4) is 0 Å². The van der Waals surface area contributed by atoms with Crippen molar-refractivity contribution in [1.82, 2.24) is 0 Å². The second-order valence-electron chi connectivity index (χ2n) is 4.47. The van der Waals surface area contributed by atoms with Gasteiger partial charge < -0.3 is 15.9 Å². The predicted molar refractivity (Wildman–Crippen MR) is 50.8 cm³/mol. The van der Waals surface area contributed by atoms with E-state index in [-0.39, 0.29) is 0 Å². The first-order chi connectivity index (χ1) is 6.05. The number of hydrogen-bond donors (Lipinski definition) is 3. The predicted octanol–water partition coefficient (Wildman–Crippen LogP) is 0.535. The molecule has 0 spiro atoms. The van der Waals surface area contributed by atoms with Crippen LogP contribution in [0.25, 0.3) is 0 Å². The summed E-state index contributed by atoms with van der Waals surface area (Å²) in [5, 5.41) is 17.7. The largest absolute Gasteiger partial charge is 0.481 e. The fraction of sp³-hybridized carbons (Fsp3) is 0.778. The van der Waals surface area contributed by atoms with E-state index in [0.29, 0.717) is 0 Å². The van der Waals surface area contributed by atoms with E-state index in [9.17, 15) is 9.59 Å². The zero-order chi connectivity index (χ0) is 11.7. The molecule has 0 aromatic heterocycles. The molecule has 0 aliphatic heterocycles. The smallest absolute Gasteiger partial charge is 0.321 e. The van der Waals surface area contributed by atoms with E-state index in [1.54, 1.807) is 13.8 Å². The van der Waals surface area contributed by atoms with Gasteiger partial charge in [-0.1, -0.05) is 13.8 Å². The summed E-state index contributed by atoms with van der Waals surface area (Å²) in [4.78, 5) is 21.6. The molecule has 82 valence electrons. The molecule has 1 atom stereocenters. The van der Waals surface area contributed by atoms with E-state index in [1.165, 1.54) is 13.8 Å². The lowest BCUT2D eigenvalue weighted by Gasteiger charge is -2.40. The molecular weight excluding hydrogens is 186 g/mol. The van der Waals surface area contributed by atoms with Crippen molar-refractivity contribution in [3.63, 3.8) is 0 Å². The van der Waals surface area contributed by atoms with Gasteiger partial charge in [-0.15, -0.1) is 0 Å². The number of carboxylic acid groups (broad SMARTS) is 2. The fourth-order valence-electron chi connectivity index (χ4n) is 0.973. The highest BCUT2D eigenvalue weighted by Gasteiger charge is 2.49. The van der Waals surface area contributed by atoms with Gasteiger partial charge in [-0.3, -0.25) is 9.59 Å². The van der Waals surface area contributed by atoms with Crippen molar-refractivity contribution >= 4 is 11.9 Å². The second kappa shape index (κ2) is 3.57. The van der Waals surface area contributed by atoms with Crippen LogP contribution in [0.1, 0.15) is 27.7 Å². The molecule has 0 saturated carbocycles. The summed E-state index contributed by atoms with van der Waals surface area (Å²) in [6.07, 6.45) is 0. The molecule has 1 unspecified atom stereocenters. The molecule has 0 amide bonds. The number of aliphatic carboxylic acids is 2. The summed E-state index contributed by atoms with van der Waals surface area (Å²) in [5.74, 6) is -2.25. The van der Waals surface area contributed by atoms with E-state index >= 15 is 0 Å². The maximum absolute atomic E-state index is 10.9. The Hall–Kier alpha value is -1.10.